The van der Waals surface area contributed by atoms with E-state index in [1.807, 2.05) is 6.08 Å². The van der Waals surface area contributed by atoms with E-state index in [1.165, 1.54) is 38.5 Å². The second-order valence-corrected chi connectivity index (χ2v) is 5.10. The Morgan fingerprint density at radius 2 is 1.76 bits per heavy atom. The first-order chi connectivity index (χ1) is 8.16. The Bertz CT molecular complexity index is 209. The molecule has 0 heterocycles. The first kappa shape index (κ1) is 16.2. The number of hydrogen-bond acceptors (Lipinski definition) is 1. The number of carbonyl (C=O) groups excluding carboxylic acids is 1. The molecule has 0 radical (unpaired) electrons. The van der Waals surface area contributed by atoms with Gasteiger partial charge in [-0.1, -0.05) is 59.0 Å². The summed E-state index contributed by atoms with van der Waals surface area (Å²) in [7, 11) is 0. The van der Waals surface area contributed by atoms with Crippen LogP contribution in [0.2, 0.25) is 0 Å². The van der Waals surface area contributed by atoms with Crippen LogP contribution in [0.1, 0.15) is 65.7 Å². The van der Waals surface area contributed by atoms with Crippen molar-refractivity contribution in [3.8, 4) is 0 Å². The van der Waals surface area contributed by atoms with E-state index >= 15 is 0 Å². The average molecular weight is 239 g/mol. The Labute approximate surface area is 107 Å². The number of rotatable bonds is 10. The second kappa shape index (κ2) is 11.7. The summed E-state index contributed by atoms with van der Waals surface area (Å²) in [5, 5.41) is 2.88. The van der Waals surface area contributed by atoms with E-state index in [9.17, 15) is 4.79 Å². The molecule has 0 aliphatic heterocycles. The number of amides is 1. The monoisotopic (exact) mass is 239 g/mol. The van der Waals surface area contributed by atoms with E-state index < -0.39 is 0 Å². The topological polar surface area (TPSA) is 29.1 Å². The number of unbranched alkanes of at least 4 members (excludes halogenated alkanes) is 6. The van der Waals surface area contributed by atoms with Gasteiger partial charge < -0.3 is 5.32 Å². The molecule has 0 aromatic rings. The molecule has 0 rings (SSSR count). The van der Waals surface area contributed by atoms with E-state index in [-0.39, 0.29) is 5.91 Å². The summed E-state index contributed by atoms with van der Waals surface area (Å²) in [4.78, 5) is 11.3. The summed E-state index contributed by atoms with van der Waals surface area (Å²) < 4.78 is 0. The summed E-state index contributed by atoms with van der Waals surface area (Å²) in [6.07, 6.45) is 12.5. The van der Waals surface area contributed by atoms with Gasteiger partial charge in [0.25, 0.3) is 0 Å². The number of hydrogen-bond donors (Lipinski definition) is 1. The van der Waals surface area contributed by atoms with Crippen LogP contribution in [0.5, 0.6) is 0 Å². The average Bonchev–Trinajstić information content (AvgIpc) is 2.30. The van der Waals surface area contributed by atoms with Crippen LogP contribution in [-0.2, 0) is 4.79 Å². The Kier molecular flexibility index (Phi) is 11.1. The SMILES string of the molecule is CCCCCCCC/C=C/C(=O)NCC(C)C. The molecule has 0 aromatic heterocycles. The molecule has 0 aromatic carbocycles. The molecule has 1 amide bonds. The van der Waals surface area contributed by atoms with Gasteiger partial charge in [-0.15, -0.1) is 0 Å². The summed E-state index contributed by atoms with van der Waals surface area (Å²) in [5.41, 5.74) is 0. The van der Waals surface area contributed by atoms with Crippen LogP contribution in [0.3, 0.4) is 0 Å². The van der Waals surface area contributed by atoms with Crippen LogP contribution in [0.4, 0.5) is 0 Å². The summed E-state index contributed by atoms with van der Waals surface area (Å²) in [6, 6.07) is 0. The van der Waals surface area contributed by atoms with E-state index in [2.05, 4.69) is 26.1 Å². The van der Waals surface area contributed by atoms with Crippen LogP contribution in [0.15, 0.2) is 12.2 Å². The maximum atomic E-state index is 11.3. The molecule has 2 nitrogen and oxygen atoms in total. The number of nitrogens with one attached hydrogen (secondary N) is 1. The lowest BCUT2D eigenvalue weighted by Crippen LogP contribution is -2.25. The molecule has 0 spiro atoms. The normalized spacial score (nSPS) is 11.3. The second-order valence-electron chi connectivity index (χ2n) is 5.10. The van der Waals surface area contributed by atoms with Gasteiger partial charge in [0.05, 0.1) is 0 Å². The molecule has 0 saturated heterocycles. The molecule has 0 saturated carbocycles. The fourth-order valence-corrected chi connectivity index (χ4v) is 1.60. The lowest BCUT2D eigenvalue weighted by Gasteiger charge is -2.04. The van der Waals surface area contributed by atoms with E-state index in [0.717, 1.165) is 13.0 Å². The van der Waals surface area contributed by atoms with Crippen LogP contribution >= 0.6 is 0 Å². The van der Waals surface area contributed by atoms with Gasteiger partial charge >= 0.3 is 0 Å². The third kappa shape index (κ3) is 13.1. The van der Waals surface area contributed by atoms with Gasteiger partial charge in [0.15, 0.2) is 0 Å². The van der Waals surface area contributed by atoms with Crippen molar-refractivity contribution in [1.82, 2.24) is 5.32 Å². The van der Waals surface area contributed by atoms with Gasteiger partial charge in [-0.25, -0.2) is 0 Å². The maximum Gasteiger partial charge on any atom is 0.243 e. The highest BCUT2D eigenvalue weighted by Crippen LogP contribution is 2.06. The minimum atomic E-state index is 0.0460. The molecule has 100 valence electrons. The lowest BCUT2D eigenvalue weighted by molar-refractivity contribution is -0.116. The Hall–Kier alpha value is -0.790. The van der Waals surface area contributed by atoms with Crippen LogP contribution in [0, 0.1) is 5.92 Å². The van der Waals surface area contributed by atoms with Crippen LogP contribution in [-0.4, -0.2) is 12.5 Å². The summed E-state index contributed by atoms with van der Waals surface area (Å²) in [5.74, 6) is 0.565. The van der Waals surface area contributed by atoms with E-state index in [4.69, 9.17) is 0 Å². The van der Waals surface area contributed by atoms with Gasteiger partial charge in [-0.05, 0) is 24.8 Å². The van der Waals surface area contributed by atoms with Crippen molar-refractivity contribution in [1.29, 1.82) is 0 Å². The van der Waals surface area contributed by atoms with Crippen molar-refractivity contribution < 1.29 is 4.79 Å². The molecule has 2 heteroatoms. The Morgan fingerprint density at radius 1 is 1.12 bits per heavy atom. The quantitative estimate of drug-likeness (QED) is 0.452. The fraction of sp³-hybridized carbons (Fsp3) is 0.800. The van der Waals surface area contributed by atoms with Gasteiger partial charge in [0, 0.05) is 6.54 Å². The first-order valence-electron chi connectivity index (χ1n) is 7.11. The zero-order chi connectivity index (χ0) is 12.9. The molecule has 0 fully saturated rings. The molecule has 0 atom stereocenters. The summed E-state index contributed by atoms with van der Waals surface area (Å²) >= 11 is 0. The number of allylic oxidation sites excluding steroid dienone is 1. The third-order valence-corrected chi connectivity index (χ3v) is 2.68. The number of carbonyl (C=O) groups is 1. The largest absolute Gasteiger partial charge is 0.352 e. The van der Waals surface area contributed by atoms with Gasteiger partial charge in [-0.3, -0.25) is 4.79 Å². The zero-order valence-corrected chi connectivity index (χ0v) is 11.8. The molecule has 0 aliphatic carbocycles. The predicted molar refractivity (Wildman–Crippen MR) is 75.0 cm³/mol. The Morgan fingerprint density at radius 3 is 2.41 bits per heavy atom. The summed E-state index contributed by atoms with van der Waals surface area (Å²) in [6.45, 7) is 7.19. The fourth-order valence-electron chi connectivity index (χ4n) is 1.60. The predicted octanol–water partition coefficient (Wildman–Crippen LogP) is 4.07. The lowest BCUT2D eigenvalue weighted by atomic mass is 10.1. The smallest absolute Gasteiger partial charge is 0.243 e. The minimum Gasteiger partial charge on any atom is -0.352 e. The van der Waals surface area contributed by atoms with Crippen LogP contribution in [0.25, 0.3) is 0 Å². The highest BCUT2D eigenvalue weighted by molar-refractivity contribution is 5.87. The minimum absolute atomic E-state index is 0.0460. The molecule has 0 unspecified atom stereocenters. The molecule has 17 heavy (non-hydrogen) atoms. The van der Waals surface area contributed by atoms with Gasteiger partial charge in [0.1, 0.15) is 0 Å². The van der Waals surface area contributed by atoms with Crippen molar-refractivity contribution in [3.63, 3.8) is 0 Å². The van der Waals surface area contributed by atoms with Gasteiger partial charge in [0.2, 0.25) is 5.91 Å². The molecule has 0 aliphatic rings. The Balaban J connectivity index is 3.32. The molecule has 1 N–H and O–H groups in total. The first-order valence-corrected chi connectivity index (χ1v) is 7.11. The molecular weight excluding hydrogens is 210 g/mol. The van der Waals surface area contributed by atoms with Crippen molar-refractivity contribution in [2.24, 2.45) is 5.92 Å². The highest BCUT2D eigenvalue weighted by atomic mass is 16.1. The van der Waals surface area contributed by atoms with E-state index in [1.54, 1.807) is 6.08 Å². The molecular formula is C15H29NO. The van der Waals surface area contributed by atoms with E-state index in [0.29, 0.717) is 5.92 Å². The highest BCUT2D eigenvalue weighted by Gasteiger charge is 1.96. The molecule has 0 bridgehead atoms. The third-order valence-electron chi connectivity index (χ3n) is 2.68. The maximum absolute atomic E-state index is 11.3. The van der Waals surface area contributed by atoms with Crippen molar-refractivity contribution in [2.45, 2.75) is 65.7 Å². The van der Waals surface area contributed by atoms with Crippen molar-refractivity contribution in [3.05, 3.63) is 12.2 Å². The van der Waals surface area contributed by atoms with Crippen molar-refractivity contribution in [2.75, 3.05) is 6.54 Å². The zero-order valence-electron chi connectivity index (χ0n) is 11.8. The van der Waals surface area contributed by atoms with Crippen LogP contribution < -0.4 is 5.32 Å². The van der Waals surface area contributed by atoms with Crippen molar-refractivity contribution >= 4 is 5.91 Å². The van der Waals surface area contributed by atoms with Gasteiger partial charge in [-0.2, -0.15) is 0 Å². The standard InChI is InChI=1S/C15H29NO/c1-4-5-6-7-8-9-10-11-12-15(17)16-13-14(2)3/h11-12,14H,4-10,13H2,1-3H3,(H,16,17)/b12-11+.